The minimum atomic E-state index is 0.845. The number of nitrogens with zero attached hydrogens (tertiary/aromatic N) is 1. The Labute approximate surface area is 89.4 Å². The van der Waals surface area contributed by atoms with Crippen molar-refractivity contribution in [2.75, 3.05) is 25.5 Å². The van der Waals surface area contributed by atoms with Crippen LogP contribution < -0.4 is 15.4 Å². The molecule has 15 heavy (non-hydrogen) atoms. The molecule has 1 aliphatic heterocycles. The summed E-state index contributed by atoms with van der Waals surface area (Å²) in [7, 11) is 1.68. The maximum atomic E-state index is 5.20. The Bertz CT molecular complexity index is 387. The minimum absolute atomic E-state index is 0.845. The van der Waals surface area contributed by atoms with Crippen molar-refractivity contribution >= 4 is 11.6 Å². The third-order valence-corrected chi connectivity index (χ3v) is 2.33. The highest BCUT2D eigenvalue weighted by Crippen LogP contribution is 2.21. The summed E-state index contributed by atoms with van der Waals surface area (Å²) < 4.78 is 5.20. The first-order valence-electron chi connectivity index (χ1n) is 4.99. The number of hydrogen-bond acceptors (Lipinski definition) is 4. The lowest BCUT2D eigenvalue weighted by molar-refractivity contribution is 0.412. The van der Waals surface area contributed by atoms with Crippen LogP contribution in [0.5, 0.6) is 5.75 Å². The standard InChI is InChI=1S/C11H15N3O/c1-8-7-9(3-4-10(8)15-2)14-11-12-5-6-13-11/h3-4,7H,5-6H2,1-2H3,(H2,12,13,14). The molecule has 0 saturated carbocycles. The van der Waals surface area contributed by atoms with Crippen molar-refractivity contribution in [2.24, 2.45) is 4.99 Å². The second-order valence-corrected chi connectivity index (χ2v) is 3.47. The molecular formula is C11H15N3O. The number of nitrogens with one attached hydrogen (secondary N) is 2. The molecule has 0 bridgehead atoms. The number of ether oxygens (including phenoxy) is 1. The normalized spacial score (nSPS) is 14.4. The molecule has 4 heteroatoms. The van der Waals surface area contributed by atoms with Gasteiger partial charge < -0.3 is 15.4 Å². The van der Waals surface area contributed by atoms with Crippen molar-refractivity contribution < 1.29 is 4.74 Å². The van der Waals surface area contributed by atoms with Crippen LogP contribution in [0, 0.1) is 6.92 Å². The van der Waals surface area contributed by atoms with Crippen molar-refractivity contribution in [1.29, 1.82) is 0 Å². The number of benzene rings is 1. The Balaban J connectivity index is 2.12. The van der Waals surface area contributed by atoms with Crippen LogP contribution in [-0.4, -0.2) is 26.2 Å². The largest absolute Gasteiger partial charge is 0.496 e. The van der Waals surface area contributed by atoms with E-state index in [1.54, 1.807) is 7.11 Å². The minimum Gasteiger partial charge on any atom is -0.496 e. The van der Waals surface area contributed by atoms with E-state index in [1.807, 2.05) is 25.1 Å². The highest BCUT2D eigenvalue weighted by atomic mass is 16.5. The topological polar surface area (TPSA) is 45.6 Å². The monoisotopic (exact) mass is 205 g/mol. The Hall–Kier alpha value is -1.71. The van der Waals surface area contributed by atoms with Gasteiger partial charge in [0.2, 0.25) is 0 Å². The molecule has 1 heterocycles. The molecule has 0 aliphatic carbocycles. The zero-order valence-corrected chi connectivity index (χ0v) is 9.00. The molecule has 1 aromatic carbocycles. The van der Waals surface area contributed by atoms with Gasteiger partial charge in [0.05, 0.1) is 13.7 Å². The van der Waals surface area contributed by atoms with Crippen LogP contribution in [0.15, 0.2) is 23.2 Å². The van der Waals surface area contributed by atoms with E-state index >= 15 is 0 Å². The van der Waals surface area contributed by atoms with Crippen molar-refractivity contribution in [3.05, 3.63) is 23.8 Å². The first-order chi connectivity index (χ1) is 7.29. The lowest BCUT2D eigenvalue weighted by atomic mass is 10.2. The van der Waals surface area contributed by atoms with Crippen molar-refractivity contribution in [3.8, 4) is 5.75 Å². The summed E-state index contributed by atoms with van der Waals surface area (Å²) in [6, 6.07) is 5.98. The van der Waals surface area contributed by atoms with E-state index in [9.17, 15) is 0 Å². The van der Waals surface area contributed by atoms with E-state index in [0.717, 1.165) is 36.0 Å². The number of rotatable bonds is 2. The molecule has 80 valence electrons. The zero-order valence-electron chi connectivity index (χ0n) is 9.00. The molecule has 0 atom stereocenters. The summed E-state index contributed by atoms with van der Waals surface area (Å²) in [5.41, 5.74) is 2.14. The van der Waals surface area contributed by atoms with Crippen LogP contribution in [0.1, 0.15) is 5.56 Å². The summed E-state index contributed by atoms with van der Waals surface area (Å²) in [5, 5.41) is 6.38. The maximum absolute atomic E-state index is 5.20. The number of aliphatic imine (C=N–C) groups is 1. The van der Waals surface area contributed by atoms with Gasteiger partial charge in [0.25, 0.3) is 0 Å². The van der Waals surface area contributed by atoms with E-state index in [0.29, 0.717) is 0 Å². The predicted octanol–water partition coefficient (Wildman–Crippen LogP) is 1.37. The fourth-order valence-electron chi connectivity index (χ4n) is 1.57. The van der Waals surface area contributed by atoms with Gasteiger partial charge in [0.15, 0.2) is 5.96 Å². The number of aryl methyl sites for hydroxylation is 1. The van der Waals surface area contributed by atoms with Crippen LogP contribution in [0.3, 0.4) is 0 Å². The van der Waals surface area contributed by atoms with Gasteiger partial charge in [-0.05, 0) is 30.7 Å². The van der Waals surface area contributed by atoms with E-state index in [2.05, 4.69) is 15.6 Å². The van der Waals surface area contributed by atoms with Crippen LogP contribution in [0.2, 0.25) is 0 Å². The summed E-state index contributed by atoms with van der Waals surface area (Å²) in [5.74, 6) is 1.75. The van der Waals surface area contributed by atoms with Gasteiger partial charge in [-0.25, -0.2) is 0 Å². The first kappa shape index (κ1) is 9.83. The summed E-state index contributed by atoms with van der Waals surface area (Å²) >= 11 is 0. The average Bonchev–Trinajstić information content (AvgIpc) is 2.71. The van der Waals surface area contributed by atoms with Gasteiger partial charge in [-0.2, -0.15) is 0 Å². The van der Waals surface area contributed by atoms with Gasteiger partial charge in [0, 0.05) is 12.2 Å². The number of anilines is 1. The fourth-order valence-corrected chi connectivity index (χ4v) is 1.57. The Morgan fingerprint density at radius 3 is 2.93 bits per heavy atom. The maximum Gasteiger partial charge on any atom is 0.195 e. The molecule has 4 nitrogen and oxygen atoms in total. The quantitative estimate of drug-likeness (QED) is 0.766. The van der Waals surface area contributed by atoms with Crippen LogP contribution >= 0.6 is 0 Å². The zero-order chi connectivity index (χ0) is 10.7. The smallest absolute Gasteiger partial charge is 0.195 e. The van der Waals surface area contributed by atoms with E-state index in [4.69, 9.17) is 4.74 Å². The Kier molecular flexibility index (Phi) is 2.76. The molecular weight excluding hydrogens is 190 g/mol. The van der Waals surface area contributed by atoms with Crippen LogP contribution in [0.25, 0.3) is 0 Å². The summed E-state index contributed by atoms with van der Waals surface area (Å²) in [4.78, 5) is 4.27. The molecule has 1 aliphatic rings. The fraction of sp³-hybridized carbons (Fsp3) is 0.364. The second-order valence-electron chi connectivity index (χ2n) is 3.47. The lowest BCUT2D eigenvalue weighted by Gasteiger charge is -2.09. The average molecular weight is 205 g/mol. The van der Waals surface area contributed by atoms with Gasteiger partial charge in [-0.15, -0.1) is 0 Å². The molecule has 1 aromatic rings. The highest BCUT2D eigenvalue weighted by Gasteiger charge is 2.05. The third-order valence-electron chi connectivity index (χ3n) is 2.33. The van der Waals surface area contributed by atoms with Gasteiger partial charge in [-0.1, -0.05) is 0 Å². The molecule has 0 amide bonds. The van der Waals surface area contributed by atoms with Crippen molar-refractivity contribution in [1.82, 2.24) is 5.32 Å². The van der Waals surface area contributed by atoms with E-state index in [-0.39, 0.29) is 0 Å². The van der Waals surface area contributed by atoms with Gasteiger partial charge in [-0.3, -0.25) is 4.99 Å². The van der Waals surface area contributed by atoms with Gasteiger partial charge in [0.1, 0.15) is 5.75 Å². The predicted molar refractivity (Wildman–Crippen MR) is 61.7 cm³/mol. The third kappa shape index (κ3) is 2.21. The number of hydrogen-bond donors (Lipinski definition) is 2. The van der Waals surface area contributed by atoms with Gasteiger partial charge >= 0.3 is 0 Å². The Morgan fingerprint density at radius 2 is 2.33 bits per heavy atom. The second kappa shape index (κ2) is 4.21. The van der Waals surface area contributed by atoms with Crippen LogP contribution in [0.4, 0.5) is 5.69 Å². The molecule has 0 saturated heterocycles. The molecule has 0 radical (unpaired) electrons. The van der Waals surface area contributed by atoms with Crippen molar-refractivity contribution in [2.45, 2.75) is 6.92 Å². The van der Waals surface area contributed by atoms with E-state index in [1.165, 1.54) is 0 Å². The highest BCUT2D eigenvalue weighted by molar-refractivity contribution is 5.94. The van der Waals surface area contributed by atoms with Crippen LogP contribution in [-0.2, 0) is 0 Å². The lowest BCUT2D eigenvalue weighted by Crippen LogP contribution is -2.26. The molecule has 0 fully saturated rings. The summed E-state index contributed by atoms with van der Waals surface area (Å²) in [6.07, 6.45) is 0. The molecule has 2 N–H and O–H groups in total. The number of guanidine groups is 1. The molecule has 2 rings (SSSR count). The number of methoxy groups -OCH3 is 1. The van der Waals surface area contributed by atoms with Crippen molar-refractivity contribution in [3.63, 3.8) is 0 Å². The summed E-state index contributed by atoms with van der Waals surface area (Å²) in [6.45, 7) is 3.78. The Morgan fingerprint density at radius 1 is 1.47 bits per heavy atom. The van der Waals surface area contributed by atoms with E-state index < -0.39 is 0 Å². The molecule has 0 unspecified atom stereocenters. The molecule has 0 spiro atoms. The SMILES string of the molecule is COc1ccc(NC2=NCCN2)cc1C. The first-order valence-corrected chi connectivity index (χ1v) is 4.99. The molecule has 0 aromatic heterocycles.